The van der Waals surface area contributed by atoms with E-state index in [0.717, 1.165) is 19.4 Å². The molecule has 2 N–H and O–H groups in total. The maximum Gasteiger partial charge on any atom is 0.238 e. The van der Waals surface area contributed by atoms with Gasteiger partial charge in [-0.1, -0.05) is 29.3 Å². The second kappa shape index (κ2) is 7.10. The van der Waals surface area contributed by atoms with Crippen LogP contribution in [0, 0.1) is 0 Å². The summed E-state index contributed by atoms with van der Waals surface area (Å²) < 4.78 is 5.45. The van der Waals surface area contributed by atoms with E-state index < -0.39 is 0 Å². The Balaban J connectivity index is 1.77. The fourth-order valence-corrected chi connectivity index (χ4v) is 2.44. The number of ether oxygens (including phenoxy) is 1. The minimum atomic E-state index is -0.173. The lowest BCUT2D eigenvalue weighted by molar-refractivity contribution is -0.115. The van der Waals surface area contributed by atoms with E-state index in [2.05, 4.69) is 10.6 Å². The van der Waals surface area contributed by atoms with E-state index in [4.69, 9.17) is 27.9 Å². The zero-order valence-corrected chi connectivity index (χ0v) is 11.9. The van der Waals surface area contributed by atoms with Gasteiger partial charge in [0.1, 0.15) is 0 Å². The number of carbonyl (C=O) groups is 1. The van der Waals surface area contributed by atoms with Crippen molar-refractivity contribution in [3.63, 3.8) is 0 Å². The molecular weight excluding hydrogens is 287 g/mol. The number of hydrogen-bond donors (Lipinski definition) is 2. The molecule has 0 bridgehead atoms. The fraction of sp³-hybridized carbons (Fsp3) is 0.462. The molecule has 0 saturated carbocycles. The van der Waals surface area contributed by atoms with Crippen LogP contribution in [0.4, 0.5) is 5.69 Å². The average molecular weight is 303 g/mol. The van der Waals surface area contributed by atoms with Gasteiger partial charge in [-0.25, -0.2) is 0 Å². The molecule has 2 rings (SSSR count). The normalized spacial score (nSPS) is 18.5. The van der Waals surface area contributed by atoms with Gasteiger partial charge < -0.3 is 15.4 Å². The number of benzene rings is 1. The van der Waals surface area contributed by atoms with E-state index in [1.165, 1.54) is 0 Å². The van der Waals surface area contributed by atoms with Crippen LogP contribution in [0.3, 0.4) is 0 Å². The quantitative estimate of drug-likeness (QED) is 0.879. The first-order chi connectivity index (χ1) is 9.16. The highest BCUT2D eigenvalue weighted by Crippen LogP contribution is 2.29. The Morgan fingerprint density at radius 3 is 2.74 bits per heavy atom. The summed E-state index contributed by atoms with van der Waals surface area (Å²) in [5.41, 5.74) is 0.453. The van der Waals surface area contributed by atoms with Gasteiger partial charge in [-0.05, 0) is 25.0 Å². The first kappa shape index (κ1) is 14.6. The van der Waals surface area contributed by atoms with E-state index in [1.807, 2.05) is 0 Å². The molecule has 19 heavy (non-hydrogen) atoms. The maximum atomic E-state index is 11.8. The van der Waals surface area contributed by atoms with Crippen LogP contribution in [0.25, 0.3) is 0 Å². The maximum absolute atomic E-state index is 11.8. The number of nitrogens with one attached hydrogen (secondary N) is 2. The number of hydrogen-bond acceptors (Lipinski definition) is 3. The summed E-state index contributed by atoms with van der Waals surface area (Å²) in [4.78, 5) is 11.8. The number of anilines is 1. The van der Waals surface area contributed by atoms with Gasteiger partial charge in [0.15, 0.2) is 0 Å². The Morgan fingerprint density at radius 1 is 1.37 bits per heavy atom. The third-order valence-electron chi connectivity index (χ3n) is 2.91. The molecule has 1 aromatic carbocycles. The average Bonchev–Trinajstić information content (AvgIpc) is 2.87. The van der Waals surface area contributed by atoms with E-state index in [9.17, 15) is 4.79 Å². The molecule has 0 radical (unpaired) electrons. The van der Waals surface area contributed by atoms with Gasteiger partial charge in [0, 0.05) is 13.2 Å². The van der Waals surface area contributed by atoms with Gasteiger partial charge in [0.25, 0.3) is 0 Å². The number of halogens is 2. The number of para-hydroxylation sites is 1. The summed E-state index contributed by atoms with van der Waals surface area (Å²) in [6.45, 7) is 1.71. The smallest absolute Gasteiger partial charge is 0.238 e. The Morgan fingerprint density at radius 2 is 2.11 bits per heavy atom. The van der Waals surface area contributed by atoms with Gasteiger partial charge in [-0.2, -0.15) is 0 Å². The molecular formula is C13H16Cl2N2O2. The molecule has 1 saturated heterocycles. The predicted molar refractivity (Wildman–Crippen MR) is 76.9 cm³/mol. The van der Waals surface area contributed by atoms with Crippen molar-refractivity contribution in [2.45, 2.75) is 18.9 Å². The summed E-state index contributed by atoms with van der Waals surface area (Å²) in [6, 6.07) is 5.10. The van der Waals surface area contributed by atoms with Gasteiger partial charge in [0.2, 0.25) is 5.91 Å². The first-order valence-corrected chi connectivity index (χ1v) is 6.98. The van der Waals surface area contributed by atoms with Crippen molar-refractivity contribution in [1.82, 2.24) is 5.32 Å². The molecule has 1 heterocycles. The molecule has 0 aliphatic carbocycles. The minimum absolute atomic E-state index is 0.173. The van der Waals surface area contributed by atoms with Crippen molar-refractivity contribution in [3.8, 4) is 0 Å². The summed E-state index contributed by atoms with van der Waals surface area (Å²) in [5, 5.41) is 6.62. The number of amides is 1. The van der Waals surface area contributed by atoms with Crippen molar-refractivity contribution in [2.75, 3.05) is 25.0 Å². The lowest BCUT2D eigenvalue weighted by Gasteiger charge is -2.12. The molecule has 1 atom stereocenters. The Labute approximate surface area is 122 Å². The van der Waals surface area contributed by atoms with Crippen LogP contribution in [0.1, 0.15) is 12.8 Å². The van der Waals surface area contributed by atoms with Crippen molar-refractivity contribution in [1.29, 1.82) is 0 Å². The minimum Gasteiger partial charge on any atom is -0.377 e. The largest absolute Gasteiger partial charge is 0.377 e. The zero-order chi connectivity index (χ0) is 13.7. The molecule has 6 heteroatoms. The highest BCUT2D eigenvalue weighted by molar-refractivity contribution is 6.39. The van der Waals surface area contributed by atoms with E-state index >= 15 is 0 Å². The van der Waals surface area contributed by atoms with Crippen molar-refractivity contribution in [2.24, 2.45) is 0 Å². The number of carbonyl (C=O) groups excluding carboxylic acids is 1. The van der Waals surface area contributed by atoms with E-state index in [0.29, 0.717) is 22.3 Å². The monoisotopic (exact) mass is 302 g/mol. The number of rotatable bonds is 5. The van der Waals surface area contributed by atoms with Crippen LogP contribution in [-0.2, 0) is 9.53 Å². The van der Waals surface area contributed by atoms with Crippen LogP contribution >= 0.6 is 23.2 Å². The molecule has 1 fully saturated rings. The Hall–Kier alpha value is -0.810. The summed E-state index contributed by atoms with van der Waals surface area (Å²) in [5.74, 6) is -0.173. The molecule has 104 valence electrons. The highest BCUT2D eigenvalue weighted by atomic mass is 35.5. The lowest BCUT2D eigenvalue weighted by atomic mass is 10.2. The Bertz CT molecular complexity index is 428. The molecule has 1 amide bonds. The van der Waals surface area contributed by atoms with Crippen LogP contribution in [0.5, 0.6) is 0 Å². The lowest BCUT2D eigenvalue weighted by Crippen LogP contribution is -2.33. The third-order valence-corrected chi connectivity index (χ3v) is 3.54. The Kier molecular flexibility index (Phi) is 5.45. The predicted octanol–water partition coefficient (Wildman–Crippen LogP) is 2.70. The van der Waals surface area contributed by atoms with E-state index in [-0.39, 0.29) is 18.6 Å². The second-order valence-corrected chi connectivity index (χ2v) is 5.23. The van der Waals surface area contributed by atoms with Crippen LogP contribution < -0.4 is 10.6 Å². The van der Waals surface area contributed by atoms with Crippen molar-refractivity contribution < 1.29 is 9.53 Å². The zero-order valence-electron chi connectivity index (χ0n) is 10.4. The standard InChI is InChI=1S/C13H16Cl2N2O2/c14-10-4-1-5-11(15)13(10)17-12(18)8-16-7-9-3-2-6-19-9/h1,4-5,9,16H,2-3,6-8H2,(H,17,18). The molecule has 1 aliphatic rings. The second-order valence-electron chi connectivity index (χ2n) is 4.41. The summed E-state index contributed by atoms with van der Waals surface area (Å²) in [6.07, 6.45) is 2.36. The van der Waals surface area contributed by atoms with Crippen molar-refractivity contribution >= 4 is 34.8 Å². The van der Waals surface area contributed by atoms with Crippen LogP contribution in [-0.4, -0.2) is 31.7 Å². The SMILES string of the molecule is O=C(CNCC1CCCO1)Nc1c(Cl)cccc1Cl. The van der Waals surface area contributed by atoms with Crippen molar-refractivity contribution in [3.05, 3.63) is 28.2 Å². The molecule has 4 nitrogen and oxygen atoms in total. The van der Waals surface area contributed by atoms with Gasteiger partial charge in [-0.3, -0.25) is 4.79 Å². The molecule has 1 aliphatic heterocycles. The van der Waals surface area contributed by atoms with Gasteiger partial charge >= 0.3 is 0 Å². The van der Waals surface area contributed by atoms with Gasteiger partial charge in [-0.15, -0.1) is 0 Å². The summed E-state index contributed by atoms with van der Waals surface area (Å²) >= 11 is 11.9. The molecule has 0 aromatic heterocycles. The summed E-state index contributed by atoms with van der Waals surface area (Å²) in [7, 11) is 0. The topological polar surface area (TPSA) is 50.4 Å². The van der Waals surface area contributed by atoms with Gasteiger partial charge in [0.05, 0.1) is 28.4 Å². The fourth-order valence-electron chi connectivity index (χ4n) is 1.95. The van der Waals surface area contributed by atoms with Crippen LogP contribution in [0.2, 0.25) is 10.0 Å². The highest BCUT2D eigenvalue weighted by Gasteiger charge is 2.15. The third kappa shape index (κ3) is 4.35. The molecule has 1 unspecified atom stereocenters. The molecule has 0 spiro atoms. The van der Waals surface area contributed by atoms with E-state index in [1.54, 1.807) is 18.2 Å². The molecule has 1 aromatic rings. The first-order valence-electron chi connectivity index (χ1n) is 6.23. The van der Waals surface area contributed by atoms with Crippen LogP contribution in [0.15, 0.2) is 18.2 Å².